The van der Waals surface area contributed by atoms with Crippen LogP contribution < -0.4 is 10.6 Å². The minimum Gasteiger partial charge on any atom is -0.508 e. The summed E-state index contributed by atoms with van der Waals surface area (Å²) in [4.78, 5) is 2.40. The number of nitrogens with two attached hydrogens (primary N) is 1. The molecule has 1 aromatic carbocycles. The Bertz CT molecular complexity index is 405. The number of fused-ring (bicyclic) bond motifs is 3. The standard InChI is InChI=1S/C13H18N2O/c14-9-4-5-10-6-7-11-12(15(10)8-9)2-1-3-13(11)16/h1-3,9-10,16H,4-8,14H2. The molecular weight excluding hydrogens is 200 g/mol. The molecule has 1 saturated heterocycles. The van der Waals surface area contributed by atoms with Gasteiger partial charge in [0, 0.05) is 29.9 Å². The molecule has 3 rings (SSSR count). The maximum Gasteiger partial charge on any atom is 0.120 e. The summed E-state index contributed by atoms with van der Waals surface area (Å²) in [5.41, 5.74) is 8.34. The van der Waals surface area contributed by atoms with Gasteiger partial charge in [0.2, 0.25) is 0 Å². The minimum absolute atomic E-state index is 0.282. The second-order valence-electron chi connectivity index (χ2n) is 4.96. The van der Waals surface area contributed by atoms with Gasteiger partial charge in [-0.1, -0.05) is 6.07 Å². The molecular formula is C13H18N2O. The lowest BCUT2D eigenvalue weighted by molar-refractivity contribution is 0.384. The van der Waals surface area contributed by atoms with Crippen molar-refractivity contribution in [1.82, 2.24) is 0 Å². The lowest BCUT2D eigenvalue weighted by atomic mass is 9.88. The number of aromatic hydroxyl groups is 1. The molecule has 0 radical (unpaired) electrons. The Morgan fingerprint density at radius 3 is 3.00 bits per heavy atom. The summed E-state index contributed by atoms with van der Waals surface area (Å²) in [7, 11) is 0. The summed E-state index contributed by atoms with van der Waals surface area (Å²) in [6.07, 6.45) is 4.47. The van der Waals surface area contributed by atoms with Gasteiger partial charge in [-0.15, -0.1) is 0 Å². The van der Waals surface area contributed by atoms with Crippen molar-refractivity contribution in [2.24, 2.45) is 5.73 Å². The number of hydrogen-bond donors (Lipinski definition) is 2. The van der Waals surface area contributed by atoms with E-state index in [0.29, 0.717) is 11.8 Å². The highest BCUT2D eigenvalue weighted by molar-refractivity contribution is 5.61. The van der Waals surface area contributed by atoms with E-state index in [-0.39, 0.29) is 6.04 Å². The molecule has 3 heteroatoms. The predicted molar refractivity (Wildman–Crippen MR) is 64.8 cm³/mol. The monoisotopic (exact) mass is 218 g/mol. The first-order valence-corrected chi connectivity index (χ1v) is 6.09. The number of hydrogen-bond acceptors (Lipinski definition) is 3. The van der Waals surface area contributed by atoms with Crippen LogP contribution in [0.25, 0.3) is 0 Å². The lowest BCUT2D eigenvalue weighted by Gasteiger charge is -2.44. The highest BCUT2D eigenvalue weighted by Gasteiger charge is 2.31. The van der Waals surface area contributed by atoms with Gasteiger partial charge in [0.1, 0.15) is 5.75 Å². The molecule has 2 aliphatic heterocycles. The summed E-state index contributed by atoms with van der Waals surface area (Å²) >= 11 is 0. The molecule has 0 aliphatic carbocycles. The normalized spacial score (nSPS) is 28.4. The first-order valence-electron chi connectivity index (χ1n) is 6.09. The summed E-state index contributed by atoms with van der Waals surface area (Å²) in [5.74, 6) is 0.440. The largest absolute Gasteiger partial charge is 0.508 e. The summed E-state index contributed by atoms with van der Waals surface area (Å²) in [6.45, 7) is 0.932. The fourth-order valence-corrected chi connectivity index (χ4v) is 3.05. The van der Waals surface area contributed by atoms with Crippen LogP contribution in [-0.2, 0) is 6.42 Å². The van der Waals surface area contributed by atoms with Crippen molar-refractivity contribution < 1.29 is 5.11 Å². The van der Waals surface area contributed by atoms with E-state index < -0.39 is 0 Å². The third-order valence-corrected chi connectivity index (χ3v) is 3.91. The summed E-state index contributed by atoms with van der Waals surface area (Å²) in [6, 6.07) is 6.73. The molecule has 86 valence electrons. The third kappa shape index (κ3) is 1.47. The first-order chi connectivity index (χ1) is 7.75. The zero-order chi connectivity index (χ0) is 11.1. The quantitative estimate of drug-likeness (QED) is 0.696. The number of benzene rings is 1. The maximum absolute atomic E-state index is 9.85. The topological polar surface area (TPSA) is 49.5 Å². The average Bonchev–Trinajstić information content (AvgIpc) is 2.29. The van der Waals surface area contributed by atoms with Gasteiger partial charge in [-0.3, -0.25) is 0 Å². The molecule has 2 heterocycles. The van der Waals surface area contributed by atoms with Crippen molar-refractivity contribution in [3.05, 3.63) is 23.8 Å². The highest BCUT2D eigenvalue weighted by Crippen LogP contribution is 2.38. The fraction of sp³-hybridized carbons (Fsp3) is 0.538. The van der Waals surface area contributed by atoms with Gasteiger partial charge in [-0.2, -0.15) is 0 Å². The number of anilines is 1. The molecule has 1 fully saturated rings. The van der Waals surface area contributed by atoms with Crippen molar-refractivity contribution in [1.29, 1.82) is 0 Å². The van der Waals surface area contributed by atoms with Gasteiger partial charge in [-0.25, -0.2) is 0 Å². The van der Waals surface area contributed by atoms with Gasteiger partial charge in [0.05, 0.1) is 0 Å². The Kier molecular flexibility index (Phi) is 2.28. The fourth-order valence-electron chi connectivity index (χ4n) is 3.05. The zero-order valence-electron chi connectivity index (χ0n) is 9.39. The molecule has 0 bridgehead atoms. The van der Waals surface area contributed by atoms with E-state index in [1.54, 1.807) is 6.07 Å². The summed E-state index contributed by atoms with van der Waals surface area (Å²) in [5, 5.41) is 9.85. The molecule has 16 heavy (non-hydrogen) atoms. The van der Waals surface area contributed by atoms with Crippen molar-refractivity contribution >= 4 is 5.69 Å². The van der Waals surface area contributed by atoms with Crippen LogP contribution in [0.3, 0.4) is 0 Å². The van der Waals surface area contributed by atoms with Crippen LogP contribution in [0.2, 0.25) is 0 Å². The van der Waals surface area contributed by atoms with E-state index in [9.17, 15) is 5.11 Å². The Morgan fingerprint density at radius 1 is 1.25 bits per heavy atom. The van der Waals surface area contributed by atoms with Crippen molar-refractivity contribution in [3.8, 4) is 5.75 Å². The van der Waals surface area contributed by atoms with Gasteiger partial charge in [0.25, 0.3) is 0 Å². The molecule has 0 spiro atoms. The number of nitrogens with zero attached hydrogens (tertiary/aromatic N) is 1. The number of phenolic OH excluding ortho intramolecular Hbond substituents is 1. The first kappa shape index (κ1) is 9.97. The van der Waals surface area contributed by atoms with E-state index in [0.717, 1.165) is 31.4 Å². The molecule has 3 N–H and O–H groups in total. The van der Waals surface area contributed by atoms with Crippen LogP contribution in [0, 0.1) is 0 Å². The smallest absolute Gasteiger partial charge is 0.120 e. The van der Waals surface area contributed by atoms with Crippen LogP contribution in [0.1, 0.15) is 24.8 Å². The molecule has 0 amide bonds. The number of rotatable bonds is 0. The van der Waals surface area contributed by atoms with Crippen LogP contribution in [0.15, 0.2) is 18.2 Å². The van der Waals surface area contributed by atoms with Gasteiger partial charge in [0.15, 0.2) is 0 Å². The highest BCUT2D eigenvalue weighted by atomic mass is 16.3. The van der Waals surface area contributed by atoms with Crippen molar-refractivity contribution in [2.45, 2.75) is 37.8 Å². The van der Waals surface area contributed by atoms with E-state index in [2.05, 4.69) is 11.0 Å². The van der Waals surface area contributed by atoms with E-state index in [4.69, 9.17) is 5.73 Å². The minimum atomic E-state index is 0.282. The summed E-state index contributed by atoms with van der Waals surface area (Å²) < 4.78 is 0. The molecule has 0 saturated carbocycles. The Labute approximate surface area is 95.9 Å². The average molecular weight is 218 g/mol. The van der Waals surface area contributed by atoms with Crippen LogP contribution in [0.4, 0.5) is 5.69 Å². The van der Waals surface area contributed by atoms with Gasteiger partial charge >= 0.3 is 0 Å². The molecule has 2 atom stereocenters. The van der Waals surface area contributed by atoms with E-state index in [1.165, 1.54) is 12.1 Å². The molecule has 0 aromatic heterocycles. The second-order valence-corrected chi connectivity index (χ2v) is 4.96. The van der Waals surface area contributed by atoms with E-state index in [1.807, 2.05) is 6.07 Å². The zero-order valence-corrected chi connectivity index (χ0v) is 9.39. The van der Waals surface area contributed by atoms with E-state index >= 15 is 0 Å². The molecule has 3 nitrogen and oxygen atoms in total. The third-order valence-electron chi connectivity index (χ3n) is 3.91. The number of phenols is 1. The van der Waals surface area contributed by atoms with Crippen LogP contribution >= 0.6 is 0 Å². The SMILES string of the molecule is NC1CCC2CCc3c(O)cccc3N2C1. The van der Waals surface area contributed by atoms with Crippen LogP contribution in [-0.4, -0.2) is 23.7 Å². The number of piperidine rings is 1. The Hall–Kier alpha value is -1.22. The lowest BCUT2D eigenvalue weighted by Crippen LogP contribution is -2.50. The predicted octanol–water partition coefficient (Wildman–Crippen LogP) is 1.63. The van der Waals surface area contributed by atoms with Crippen molar-refractivity contribution in [3.63, 3.8) is 0 Å². The maximum atomic E-state index is 9.85. The molecule has 2 unspecified atom stereocenters. The molecule has 1 aromatic rings. The van der Waals surface area contributed by atoms with Crippen LogP contribution in [0.5, 0.6) is 5.75 Å². The van der Waals surface area contributed by atoms with Gasteiger partial charge < -0.3 is 15.7 Å². The van der Waals surface area contributed by atoms with Gasteiger partial charge in [-0.05, 0) is 37.8 Å². The second kappa shape index (κ2) is 3.67. The Morgan fingerprint density at radius 2 is 2.12 bits per heavy atom. The Balaban J connectivity index is 2.00. The van der Waals surface area contributed by atoms with Crippen molar-refractivity contribution in [2.75, 3.05) is 11.4 Å². The molecule has 2 aliphatic rings.